The number of anilines is 1. The van der Waals surface area contributed by atoms with Crippen molar-refractivity contribution in [1.29, 1.82) is 0 Å². The molecule has 0 spiro atoms. The van der Waals surface area contributed by atoms with Crippen molar-refractivity contribution < 1.29 is 9.53 Å². The van der Waals surface area contributed by atoms with Crippen LogP contribution in [0.25, 0.3) is 11.3 Å². The summed E-state index contributed by atoms with van der Waals surface area (Å²) in [6, 6.07) is 16.8. The van der Waals surface area contributed by atoms with Gasteiger partial charge in [-0.05, 0) is 50.2 Å². The maximum atomic E-state index is 11.8. The number of amides is 1. The van der Waals surface area contributed by atoms with Crippen LogP contribution in [0.4, 0.5) is 5.82 Å². The molecule has 6 heteroatoms. The summed E-state index contributed by atoms with van der Waals surface area (Å²) < 4.78 is 7.37. The molecule has 3 rings (SSSR count). The number of nitrogens with two attached hydrogens (primary N) is 2. The van der Waals surface area contributed by atoms with Crippen LogP contribution >= 0.6 is 0 Å². The minimum absolute atomic E-state index is 0.0209. The number of benzene rings is 2. The number of carbonyl (C=O) groups excluding carboxylic acids is 1. The summed E-state index contributed by atoms with van der Waals surface area (Å²) in [6.07, 6.45) is 0. The van der Waals surface area contributed by atoms with E-state index in [0.29, 0.717) is 11.4 Å². The molecule has 0 aliphatic carbocycles. The van der Waals surface area contributed by atoms with Gasteiger partial charge in [0.25, 0.3) is 5.91 Å². The van der Waals surface area contributed by atoms with Crippen molar-refractivity contribution in [3.63, 3.8) is 0 Å². The predicted octanol–water partition coefficient (Wildman–Crippen LogP) is 3.60. The minimum Gasteiger partial charge on any atom is -0.457 e. The van der Waals surface area contributed by atoms with Crippen LogP contribution in [0.3, 0.4) is 0 Å². The summed E-state index contributed by atoms with van der Waals surface area (Å²) in [5.74, 6) is 1.12. The molecule has 128 valence electrons. The molecule has 1 heterocycles. The van der Waals surface area contributed by atoms with Gasteiger partial charge in [0.2, 0.25) is 0 Å². The second-order valence-electron chi connectivity index (χ2n) is 5.95. The first-order valence-corrected chi connectivity index (χ1v) is 7.98. The largest absolute Gasteiger partial charge is 0.457 e. The molecule has 0 bridgehead atoms. The molecule has 0 atom stereocenters. The Hall–Kier alpha value is -3.28. The highest BCUT2D eigenvalue weighted by Crippen LogP contribution is 2.31. The number of nitrogen functional groups attached to an aromatic ring is 1. The second-order valence-corrected chi connectivity index (χ2v) is 5.95. The maximum Gasteiger partial charge on any atom is 0.254 e. The zero-order valence-corrected chi connectivity index (χ0v) is 14.1. The van der Waals surface area contributed by atoms with E-state index in [1.807, 2.05) is 68.4 Å². The number of aromatic nitrogens is 2. The Labute approximate surface area is 146 Å². The molecular formula is C19H20N4O2. The van der Waals surface area contributed by atoms with E-state index in [0.717, 1.165) is 11.3 Å². The normalized spacial score (nSPS) is 10.8. The van der Waals surface area contributed by atoms with E-state index < -0.39 is 5.91 Å². The van der Waals surface area contributed by atoms with E-state index in [1.54, 1.807) is 4.68 Å². The fraction of sp³-hybridized carbons (Fsp3) is 0.158. The highest BCUT2D eigenvalue weighted by molar-refractivity contribution is 6.03. The van der Waals surface area contributed by atoms with Crippen LogP contribution in [-0.4, -0.2) is 15.7 Å². The van der Waals surface area contributed by atoms with Gasteiger partial charge in [0.05, 0.1) is 0 Å². The Morgan fingerprint density at radius 3 is 2.20 bits per heavy atom. The summed E-state index contributed by atoms with van der Waals surface area (Å²) in [7, 11) is 0. The van der Waals surface area contributed by atoms with Gasteiger partial charge >= 0.3 is 0 Å². The number of ether oxygens (including phenoxy) is 1. The van der Waals surface area contributed by atoms with Crippen molar-refractivity contribution in [2.45, 2.75) is 19.9 Å². The van der Waals surface area contributed by atoms with Gasteiger partial charge in [0.15, 0.2) is 0 Å². The lowest BCUT2D eigenvalue weighted by Crippen LogP contribution is -2.15. The molecule has 4 N–H and O–H groups in total. The summed E-state index contributed by atoms with van der Waals surface area (Å²) in [5.41, 5.74) is 13.0. The average molecular weight is 336 g/mol. The van der Waals surface area contributed by atoms with E-state index in [2.05, 4.69) is 5.10 Å². The Kier molecular flexibility index (Phi) is 4.43. The number of primary amides is 1. The first-order valence-electron chi connectivity index (χ1n) is 7.98. The molecule has 1 aromatic heterocycles. The topological polar surface area (TPSA) is 96.2 Å². The van der Waals surface area contributed by atoms with Gasteiger partial charge in [-0.15, -0.1) is 0 Å². The molecule has 25 heavy (non-hydrogen) atoms. The zero-order chi connectivity index (χ0) is 18.0. The van der Waals surface area contributed by atoms with Gasteiger partial charge < -0.3 is 16.2 Å². The van der Waals surface area contributed by atoms with E-state index in [1.165, 1.54) is 0 Å². The van der Waals surface area contributed by atoms with Crippen molar-refractivity contribution in [2.75, 3.05) is 5.73 Å². The zero-order valence-electron chi connectivity index (χ0n) is 14.1. The van der Waals surface area contributed by atoms with Crippen LogP contribution in [0.1, 0.15) is 30.2 Å². The number of hydrogen-bond acceptors (Lipinski definition) is 4. The maximum absolute atomic E-state index is 11.8. The third-order valence-electron chi connectivity index (χ3n) is 3.79. The van der Waals surface area contributed by atoms with E-state index in [4.69, 9.17) is 16.2 Å². The molecule has 0 unspecified atom stereocenters. The smallest absolute Gasteiger partial charge is 0.254 e. The van der Waals surface area contributed by atoms with Crippen molar-refractivity contribution in [3.8, 4) is 22.8 Å². The van der Waals surface area contributed by atoms with E-state index in [-0.39, 0.29) is 17.4 Å². The van der Waals surface area contributed by atoms with Gasteiger partial charge in [-0.25, -0.2) is 4.68 Å². The molecule has 2 aromatic carbocycles. The van der Waals surface area contributed by atoms with Crippen molar-refractivity contribution in [1.82, 2.24) is 9.78 Å². The van der Waals surface area contributed by atoms with Crippen molar-refractivity contribution >= 4 is 11.7 Å². The van der Waals surface area contributed by atoms with Crippen LogP contribution in [-0.2, 0) is 0 Å². The monoisotopic (exact) mass is 336 g/mol. The fourth-order valence-corrected chi connectivity index (χ4v) is 2.59. The first-order chi connectivity index (χ1) is 12.0. The standard InChI is InChI=1S/C19H20N4O2/c1-12(2)23-18(20)16(19(21)24)17(22-23)13-8-10-15(11-9-13)25-14-6-4-3-5-7-14/h3-12H,20H2,1-2H3,(H2,21,24). The highest BCUT2D eigenvalue weighted by atomic mass is 16.5. The van der Waals surface area contributed by atoms with Crippen molar-refractivity contribution in [2.24, 2.45) is 5.73 Å². The number of nitrogens with zero attached hydrogens (tertiary/aromatic N) is 2. The molecule has 0 radical (unpaired) electrons. The molecule has 6 nitrogen and oxygen atoms in total. The summed E-state index contributed by atoms with van der Waals surface area (Å²) in [6.45, 7) is 3.88. The molecular weight excluding hydrogens is 316 g/mol. The number of para-hydroxylation sites is 1. The lowest BCUT2D eigenvalue weighted by atomic mass is 10.1. The minimum atomic E-state index is -0.594. The fourth-order valence-electron chi connectivity index (χ4n) is 2.59. The predicted molar refractivity (Wildman–Crippen MR) is 97.5 cm³/mol. The Morgan fingerprint density at radius 2 is 1.64 bits per heavy atom. The highest BCUT2D eigenvalue weighted by Gasteiger charge is 2.22. The molecule has 0 aliphatic heterocycles. The SMILES string of the molecule is CC(C)n1nc(-c2ccc(Oc3ccccc3)cc2)c(C(N)=O)c1N. The van der Waals surface area contributed by atoms with Crippen LogP contribution in [0.5, 0.6) is 11.5 Å². The third kappa shape index (κ3) is 3.33. The van der Waals surface area contributed by atoms with E-state index >= 15 is 0 Å². The van der Waals surface area contributed by atoms with E-state index in [9.17, 15) is 4.79 Å². The summed E-state index contributed by atoms with van der Waals surface area (Å²) in [5, 5.41) is 4.46. The first kappa shape index (κ1) is 16.6. The molecule has 0 saturated heterocycles. The Balaban J connectivity index is 1.95. The van der Waals surface area contributed by atoms with Gasteiger partial charge in [-0.3, -0.25) is 4.79 Å². The summed E-state index contributed by atoms with van der Waals surface area (Å²) >= 11 is 0. The molecule has 0 saturated carbocycles. The third-order valence-corrected chi connectivity index (χ3v) is 3.79. The lowest BCUT2D eigenvalue weighted by Gasteiger charge is -2.07. The molecule has 0 aliphatic rings. The molecule has 0 fully saturated rings. The lowest BCUT2D eigenvalue weighted by molar-refractivity contribution is 0.100. The van der Waals surface area contributed by atoms with Gasteiger partial charge in [-0.1, -0.05) is 18.2 Å². The second kappa shape index (κ2) is 6.68. The molecule has 3 aromatic rings. The van der Waals surface area contributed by atoms with Crippen LogP contribution in [0.15, 0.2) is 54.6 Å². The van der Waals surface area contributed by atoms with Crippen LogP contribution in [0, 0.1) is 0 Å². The van der Waals surface area contributed by atoms with Crippen LogP contribution in [0.2, 0.25) is 0 Å². The van der Waals surface area contributed by atoms with Gasteiger partial charge in [-0.2, -0.15) is 5.10 Å². The Bertz CT molecular complexity index is 884. The number of rotatable bonds is 5. The quantitative estimate of drug-likeness (QED) is 0.744. The number of carbonyl (C=O) groups is 1. The van der Waals surface area contributed by atoms with Crippen LogP contribution < -0.4 is 16.2 Å². The average Bonchev–Trinajstić information content (AvgIpc) is 2.94. The van der Waals surface area contributed by atoms with Gasteiger partial charge in [0, 0.05) is 11.6 Å². The molecule has 1 amide bonds. The van der Waals surface area contributed by atoms with Crippen molar-refractivity contribution in [3.05, 3.63) is 60.2 Å². The Morgan fingerprint density at radius 1 is 1.04 bits per heavy atom. The summed E-state index contributed by atoms with van der Waals surface area (Å²) in [4.78, 5) is 11.8. The van der Waals surface area contributed by atoms with Gasteiger partial charge in [0.1, 0.15) is 28.6 Å². The number of hydrogen-bond donors (Lipinski definition) is 2.